The largest absolute Gasteiger partial charge is 0.454 e. The number of unbranched alkanes of at least 4 members (excludes halogenated alkanes) is 3. The molecule has 2 atom stereocenters. The molecule has 44 heavy (non-hydrogen) atoms. The summed E-state index contributed by atoms with van der Waals surface area (Å²) in [6.45, 7) is 8.14. The lowest BCUT2D eigenvalue weighted by atomic mass is 9.80. The Bertz CT molecular complexity index is 1210. The summed E-state index contributed by atoms with van der Waals surface area (Å²) in [4.78, 5) is 14.3. The van der Waals surface area contributed by atoms with Crippen LogP contribution in [0.4, 0.5) is 0 Å². The second-order valence-corrected chi connectivity index (χ2v) is 11.4. The molecule has 0 saturated carbocycles. The van der Waals surface area contributed by atoms with Crippen molar-refractivity contribution in [2.45, 2.75) is 70.3 Å². The summed E-state index contributed by atoms with van der Waals surface area (Å²) < 4.78 is 11.0. The number of amides is 1. The molecule has 0 aliphatic carbocycles. The predicted molar refractivity (Wildman–Crippen MR) is 172 cm³/mol. The van der Waals surface area contributed by atoms with E-state index in [-0.39, 0.29) is 12.8 Å². The fourth-order valence-electron chi connectivity index (χ4n) is 5.43. The second-order valence-electron chi connectivity index (χ2n) is 11.4. The molecule has 9 heteroatoms. The molecule has 1 amide bonds. The van der Waals surface area contributed by atoms with Crippen molar-refractivity contribution < 1.29 is 14.3 Å². The van der Waals surface area contributed by atoms with E-state index in [4.69, 9.17) is 9.47 Å². The average molecular weight is 601 g/mol. The SMILES string of the molecule is C/C=C1/OCO/C1=C/C=C/[C@@H]1CC(Cc2ccccc2C(C#N)(C#N)C#N)N(CCCCCN(C)C)C1.CCCCNC=O. The quantitative estimate of drug-likeness (QED) is 0.211. The Morgan fingerprint density at radius 2 is 1.80 bits per heavy atom. The van der Waals surface area contributed by atoms with Gasteiger partial charge in [-0.15, -0.1) is 0 Å². The van der Waals surface area contributed by atoms with E-state index in [1.54, 1.807) is 12.1 Å². The number of benzene rings is 1. The van der Waals surface area contributed by atoms with Crippen LogP contribution in [0, 0.1) is 39.9 Å². The van der Waals surface area contributed by atoms with Gasteiger partial charge in [-0.3, -0.25) is 9.69 Å². The van der Waals surface area contributed by atoms with E-state index >= 15 is 0 Å². The van der Waals surface area contributed by atoms with Gasteiger partial charge >= 0.3 is 0 Å². The van der Waals surface area contributed by atoms with Crippen LogP contribution < -0.4 is 5.32 Å². The Balaban J connectivity index is 0.000000860. The van der Waals surface area contributed by atoms with Crippen LogP contribution in [0.1, 0.15) is 63.5 Å². The van der Waals surface area contributed by atoms with Gasteiger partial charge in [0, 0.05) is 24.7 Å². The summed E-state index contributed by atoms with van der Waals surface area (Å²) in [5.74, 6) is 1.89. The van der Waals surface area contributed by atoms with Crippen molar-refractivity contribution in [1.82, 2.24) is 15.1 Å². The number of carbonyl (C=O) groups excluding carboxylic acids is 1. The van der Waals surface area contributed by atoms with Gasteiger partial charge in [0.15, 0.2) is 11.5 Å². The number of carbonyl (C=O) groups is 1. The molecule has 3 rings (SSSR count). The minimum atomic E-state index is -1.79. The average Bonchev–Trinajstić information content (AvgIpc) is 3.65. The molecule has 2 aliphatic heterocycles. The summed E-state index contributed by atoms with van der Waals surface area (Å²) >= 11 is 0. The minimum Gasteiger partial charge on any atom is -0.454 e. The van der Waals surface area contributed by atoms with Crippen molar-refractivity contribution in [3.8, 4) is 18.2 Å². The molecule has 9 nitrogen and oxygen atoms in total. The third-order valence-corrected chi connectivity index (χ3v) is 7.81. The number of nitrogens with one attached hydrogen (secondary N) is 1. The fourth-order valence-corrected chi connectivity index (χ4v) is 5.43. The van der Waals surface area contributed by atoms with Crippen molar-refractivity contribution in [1.29, 1.82) is 15.8 Å². The van der Waals surface area contributed by atoms with Gasteiger partial charge in [0.25, 0.3) is 5.41 Å². The van der Waals surface area contributed by atoms with Gasteiger partial charge in [-0.1, -0.05) is 56.2 Å². The molecular formula is C35H48N6O3. The lowest BCUT2D eigenvalue weighted by Crippen LogP contribution is -2.33. The first-order valence-corrected chi connectivity index (χ1v) is 15.6. The standard InChI is InChI=1S/C30H37N5O2.C5H11NO/c1-4-28-29(37-23-36-28)14-10-11-24-17-26(35(19-24)16-9-5-8-15-34(2)3)18-25-12-6-7-13-27(25)30(20-31,21-32)22-33;1-2-3-4-6-5-7/h4,6-7,10-14,24,26H,5,8-9,15-19,23H2,1-3H3;5H,2-4H2,1H3,(H,6,7)/b11-10+,28-4+,29-14+;/t24-,26?;/m1./s1. The Kier molecular flexibility index (Phi) is 16.4. The van der Waals surface area contributed by atoms with E-state index in [0.717, 1.165) is 75.4 Å². The number of likely N-dealkylation sites (tertiary alicyclic amines) is 1. The van der Waals surface area contributed by atoms with Gasteiger partial charge < -0.3 is 19.7 Å². The van der Waals surface area contributed by atoms with Gasteiger partial charge in [0.1, 0.15) is 18.2 Å². The van der Waals surface area contributed by atoms with Crippen LogP contribution >= 0.6 is 0 Å². The first-order chi connectivity index (χ1) is 21.4. The maximum absolute atomic E-state index is 9.69. The molecular weight excluding hydrogens is 552 g/mol. The van der Waals surface area contributed by atoms with Crippen LogP contribution in [-0.4, -0.2) is 69.3 Å². The Labute approximate surface area is 264 Å². The summed E-state index contributed by atoms with van der Waals surface area (Å²) in [6, 6.07) is 13.5. The van der Waals surface area contributed by atoms with Gasteiger partial charge in [-0.2, -0.15) is 15.8 Å². The van der Waals surface area contributed by atoms with Gasteiger partial charge in [-0.25, -0.2) is 0 Å². The van der Waals surface area contributed by atoms with Crippen molar-refractivity contribution in [3.63, 3.8) is 0 Å². The Morgan fingerprint density at radius 3 is 2.45 bits per heavy atom. The number of hydrogen-bond donors (Lipinski definition) is 1. The normalized spacial score (nSPS) is 20.0. The minimum absolute atomic E-state index is 0.251. The maximum Gasteiger partial charge on any atom is 0.253 e. The first kappa shape index (κ1) is 36.1. The second kappa shape index (κ2) is 20.0. The number of nitrogens with zero attached hydrogens (tertiary/aromatic N) is 5. The highest BCUT2D eigenvalue weighted by Crippen LogP contribution is 2.32. The molecule has 0 spiro atoms. The van der Waals surface area contributed by atoms with Crippen LogP contribution in [-0.2, 0) is 26.1 Å². The van der Waals surface area contributed by atoms with Crippen LogP contribution in [0.2, 0.25) is 0 Å². The Hall–Kier alpha value is -4.10. The van der Waals surface area contributed by atoms with Crippen LogP contribution in [0.25, 0.3) is 0 Å². The zero-order chi connectivity index (χ0) is 32.2. The third kappa shape index (κ3) is 11.2. The van der Waals surface area contributed by atoms with Crippen LogP contribution in [0.15, 0.2) is 60.1 Å². The molecule has 0 bridgehead atoms. The van der Waals surface area contributed by atoms with Crippen molar-refractivity contribution in [3.05, 3.63) is 71.2 Å². The highest BCUT2D eigenvalue weighted by molar-refractivity contribution is 5.51. The molecule has 1 N–H and O–H groups in total. The molecule has 2 saturated heterocycles. The molecule has 0 aromatic heterocycles. The van der Waals surface area contributed by atoms with E-state index < -0.39 is 5.41 Å². The van der Waals surface area contributed by atoms with E-state index in [0.29, 0.717) is 17.9 Å². The molecule has 1 unspecified atom stereocenters. The van der Waals surface area contributed by atoms with Crippen molar-refractivity contribution in [2.75, 3.05) is 47.1 Å². The van der Waals surface area contributed by atoms with Crippen LogP contribution in [0.3, 0.4) is 0 Å². The van der Waals surface area contributed by atoms with Crippen molar-refractivity contribution in [2.24, 2.45) is 5.92 Å². The number of rotatable bonds is 15. The van der Waals surface area contributed by atoms with Gasteiger partial charge in [0.2, 0.25) is 13.2 Å². The topological polar surface area (TPSA) is 125 Å². The summed E-state index contributed by atoms with van der Waals surface area (Å²) in [5.41, 5.74) is -0.379. The van der Waals surface area contributed by atoms with Crippen LogP contribution in [0.5, 0.6) is 0 Å². The number of allylic oxidation sites excluding steroid dienone is 3. The Morgan fingerprint density at radius 1 is 1.07 bits per heavy atom. The number of hydrogen-bond acceptors (Lipinski definition) is 8. The molecule has 0 radical (unpaired) electrons. The van der Waals surface area contributed by atoms with Gasteiger partial charge in [0.05, 0.1) is 0 Å². The molecule has 1 aromatic rings. The number of nitriles is 3. The maximum atomic E-state index is 9.69. The van der Waals surface area contributed by atoms with Gasteiger partial charge in [-0.05, 0) is 89.8 Å². The zero-order valence-corrected chi connectivity index (χ0v) is 26.8. The van der Waals surface area contributed by atoms with Crippen molar-refractivity contribution >= 4 is 6.41 Å². The third-order valence-electron chi connectivity index (χ3n) is 7.81. The highest BCUT2D eigenvalue weighted by Gasteiger charge is 2.37. The first-order valence-electron chi connectivity index (χ1n) is 15.6. The lowest BCUT2D eigenvalue weighted by Gasteiger charge is -2.26. The molecule has 2 aliphatic rings. The number of ether oxygens (including phenoxy) is 2. The summed E-state index contributed by atoms with van der Waals surface area (Å²) in [5, 5.41) is 31.6. The summed E-state index contributed by atoms with van der Waals surface area (Å²) in [6.07, 6.45) is 16.2. The molecule has 236 valence electrons. The zero-order valence-electron chi connectivity index (χ0n) is 26.8. The van der Waals surface area contributed by atoms with E-state index in [9.17, 15) is 20.6 Å². The molecule has 2 fully saturated rings. The van der Waals surface area contributed by atoms with E-state index in [2.05, 4.69) is 48.3 Å². The molecule has 1 aromatic carbocycles. The van der Waals surface area contributed by atoms with E-state index in [1.165, 1.54) is 12.8 Å². The van der Waals surface area contributed by atoms with E-state index in [1.807, 2.05) is 49.4 Å². The summed E-state index contributed by atoms with van der Waals surface area (Å²) in [7, 11) is 4.21. The fraction of sp³-hybridized carbons (Fsp3) is 0.543. The smallest absolute Gasteiger partial charge is 0.253 e. The molecule has 2 heterocycles. The monoisotopic (exact) mass is 600 g/mol. The lowest BCUT2D eigenvalue weighted by molar-refractivity contribution is -0.109. The highest BCUT2D eigenvalue weighted by atomic mass is 16.7. The predicted octanol–water partition coefficient (Wildman–Crippen LogP) is 5.34.